The molecule has 1 aromatic carbocycles. The number of hydrogen-bond acceptors (Lipinski definition) is 5. The molecule has 1 N–H and O–H groups in total. The molecule has 3 aromatic rings. The molecule has 1 saturated heterocycles. The second kappa shape index (κ2) is 7.82. The Kier molecular flexibility index (Phi) is 5.08. The SMILES string of the molecule is O=C(c1cc(-c2ccc(Cl)cc2)nc(=O)[nH]1)N1CCN(c2ccccn2)CC1. The lowest BCUT2D eigenvalue weighted by atomic mass is 10.1. The summed E-state index contributed by atoms with van der Waals surface area (Å²) in [6.45, 7) is 2.47. The normalized spacial score (nSPS) is 14.2. The maximum absolute atomic E-state index is 12.9. The van der Waals surface area contributed by atoms with Gasteiger partial charge in [0, 0.05) is 43.0 Å². The highest BCUT2D eigenvalue weighted by Gasteiger charge is 2.24. The van der Waals surface area contributed by atoms with Crippen molar-refractivity contribution in [3.63, 3.8) is 0 Å². The molecule has 2 aromatic heterocycles. The van der Waals surface area contributed by atoms with E-state index in [9.17, 15) is 9.59 Å². The van der Waals surface area contributed by atoms with E-state index in [0.29, 0.717) is 36.9 Å². The van der Waals surface area contributed by atoms with E-state index in [0.717, 1.165) is 11.4 Å². The molecule has 0 aliphatic carbocycles. The third kappa shape index (κ3) is 3.89. The summed E-state index contributed by atoms with van der Waals surface area (Å²) < 4.78 is 0. The van der Waals surface area contributed by atoms with Gasteiger partial charge in [0.05, 0.1) is 5.69 Å². The molecule has 0 atom stereocenters. The molecule has 1 fully saturated rings. The summed E-state index contributed by atoms with van der Waals surface area (Å²) in [4.78, 5) is 39.7. The van der Waals surface area contributed by atoms with Crippen LogP contribution in [0.25, 0.3) is 11.3 Å². The Morgan fingerprint density at radius 3 is 2.46 bits per heavy atom. The zero-order valence-electron chi connectivity index (χ0n) is 15.0. The number of benzene rings is 1. The number of aromatic amines is 1. The highest BCUT2D eigenvalue weighted by atomic mass is 35.5. The summed E-state index contributed by atoms with van der Waals surface area (Å²) in [5, 5.41) is 0.593. The van der Waals surface area contributed by atoms with Gasteiger partial charge in [-0.25, -0.2) is 9.78 Å². The standard InChI is InChI=1S/C20H18ClN5O2/c21-15-6-4-14(5-7-15)16-13-17(24-20(28)23-16)19(27)26-11-9-25(10-12-26)18-3-1-2-8-22-18/h1-8,13H,9-12H2,(H,23,24,28). The first-order valence-electron chi connectivity index (χ1n) is 8.93. The van der Waals surface area contributed by atoms with E-state index in [-0.39, 0.29) is 11.6 Å². The first-order chi connectivity index (χ1) is 13.6. The number of halogens is 1. The quantitative estimate of drug-likeness (QED) is 0.736. The van der Waals surface area contributed by atoms with E-state index in [1.165, 1.54) is 0 Å². The third-order valence-corrected chi connectivity index (χ3v) is 4.91. The lowest BCUT2D eigenvalue weighted by molar-refractivity contribution is 0.0740. The molecule has 142 valence electrons. The van der Waals surface area contributed by atoms with Crippen molar-refractivity contribution in [3.05, 3.63) is 75.9 Å². The highest BCUT2D eigenvalue weighted by molar-refractivity contribution is 6.30. The van der Waals surface area contributed by atoms with Crippen molar-refractivity contribution < 1.29 is 4.79 Å². The molecular formula is C20H18ClN5O2. The van der Waals surface area contributed by atoms with Crippen LogP contribution in [0.3, 0.4) is 0 Å². The van der Waals surface area contributed by atoms with Crippen molar-refractivity contribution in [3.8, 4) is 11.3 Å². The molecule has 4 rings (SSSR count). The van der Waals surface area contributed by atoms with E-state index in [1.54, 1.807) is 41.4 Å². The molecule has 8 heteroatoms. The van der Waals surface area contributed by atoms with Gasteiger partial charge in [-0.15, -0.1) is 0 Å². The van der Waals surface area contributed by atoms with Crippen LogP contribution in [-0.4, -0.2) is 51.9 Å². The monoisotopic (exact) mass is 395 g/mol. The van der Waals surface area contributed by atoms with Crippen molar-refractivity contribution in [2.24, 2.45) is 0 Å². The van der Waals surface area contributed by atoms with Gasteiger partial charge in [0.25, 0.3) is 5.91 Å². The molecule has 0 unspecified atom stereocenters. The number of rotatable bonds is 3. The molecule has 0 spiro atoms. The fourth-order valence-electron chi connectivity index (χ4n) is 3.19. The van der Waals surface area contributed by atoms with Gasteiger partial charge < -0.3 is 14.8 Å². The van der Waals surface area contributed by atoms with Crippen LogP contribution in [0.1, 0.15) is 10.5 Å². The zero-order valence-corrected chi connectivity index (χ0v) is 15.8. The Balaban J connectivity index is 1.51. The first kappa shape index (κ1) is 18.2. The van der Waals surface area contributed by atoms with Gasteiger partial charge in [0.15, 0.2) is 0 Å². The summed E-state index contributed by atoms with van der Waals surface area (Å²) in [5.74, 6) is 0.687. The highest BCUT2D eigenvalue weighted by Crippen LogP contribution is 2.20. The van der Waals surface area contributed by atoms with Crippen molar-refractivity contribution in [1.29, 1.82) is 0 Å². The van der Waals surface area contributed by atoms with Crippen molar-refractivity contribution >= 4 is 23.3 Å². The van der Waals surface area contributed by atoms with E-state index in [4.69, 9.17) is 11.6 Å². The number of anilines is 1. The lowest BCUT2D eigenvalue weighted by Crippen LogP contribution is -2.49. The molecule has 1 aliphatic heterocycles. The number of pyridine rings is 1. The van der Waals surface area contributed by atoms with E-state index in [2.05, 4.69) is 19.9 Å². The Hall–Kier alpha value is -3.19. The van der Waals surface area contributed by atoms with Gasteiger partial charge in [0.2, 0.25) is 0 Å². The second-order valence-electron chi connectivity index (χ2n) is 6.46. The van der Waals surface area contributed by atoms with Crippen LogP contribution in [0.4, 0.5) is 5.82 Å². The minimum absolute atomic E-state index is 0.213. The van der Waals surface area contributed by atoms with Crippen LogP contribution in [0, 0.1) is 0 Å². The van der Waals surface area contributed by atoms with E-state index < -0.39 is 5.69 Å². The Morgan fingerprint density at radius 1 is 1.04 bits per heavy atom. The number of hydrogen-bond donors (Lipinski definition) is 1. The fraction of sp³-hybridized carbons (Fsp3) is 0.200. The number of carbonyl (C=O) groups excluding carboxylic acids is 1. The molecule has 28 heavy (non-hydrogen) atoms. The number of nitrogens with zero attached hydrogens (tertiary/aromatic N) is 4. The molecule has 0 saturated carbocycles. The van der Waals surface area contributed by atoms with Crippen LogP contribution in [-0.2, 0) is 0 Å². The topological polar surface area (TPSA) is 82.2 Å². The predicted octanol–water partition coefficient (Wildman–Crippen LogP) is 2.45. The van der Waals surface area contributed by atoms with Crippen LogP contribution in [0.5, 0.6) is 0 Å². The smallest absolute Gasteiger partial charge is 0.346 e. The van der Waals surface area contributed by atoms with Crippen LogP contribution < -0.4 is 10.6 Å². The summed E-state index contributed by atoms with van der Waals surface area (Å²) >= 11 is 5.91. The largest absolute Gasteiger partial charge is 0.353 e. The number of piperazine rings is 1. The summed E-state index contributed by atoms with van der Waals surface area (Å²) in [5.41, 5.74) is 0.847. The van der Waals surface area contributed by atoms with Crippen molar-refractivity contribution in [2.75, 3.05) is 31.1 Å². The molecule has 1 amide bonds. The number of carbonyl (C=O) groups is 1. The number of amides is 1. The van der Waals surface area contributed by atoms with Gasteiger partial charge in [-0.2, -0.15) is 4.98 Å². The van der Waals surface area contributed by atoms with Crippen LogP contribution in [0.15, 0.2) is 59.5 Å². The average molecular weight is 396 g/mol. The maximum Gasteiger partial charge on any atom is 0.346 e. The Labute approximate surface area is 166 Å². The summed E-state index contributed by atoms with van der Waals surface area (Å²) in [7, 11) is 0. The zero-order chi connectivity index (χ0) is 19.5. The first-order valence-corrected chi connectivity index (χ1v) is 9.30. The van der Waals surface area contributed by atoms with Gasteiger partial charge >= 0.3 is 5.69 Å². The average Bonchev–Trinajstić information content (AvgIpc) is 2.74. The number of H-pyrrole nitrogens is 1. The lowest BCUT2D eigenvalue weighted by Gasteiger charge is -2.35. The Morgan fingerprint density at radius 2 is 1.79 bits per heavy atom. The predicted molar refractivity (Wildman–Crippen MR) is 108 cm³/mol. The van der Waals surface area contributed by atoms with Crippen molar-refractivity contribution in [1.82, 2.24) is 19.9 Å². The maximum atomic E-state index is 12.9. The summed E-state index contributed by atoms with van der Waals surface area (Å²) in [6.07, 6.45) is 1.76. The number of aromatic nitrogens is 3. The van der Waals surface area contributed by atoms with Crippen LogP contribution >= 0.6 is 11.6 Å². The fourth-order valence-corrected chi connectivity index (χ4v) is 3.32. The molecule has 7 nitrogen and oxygen atoms in total. The van der Waals surface area contributed by atoms with Crippen molar-refractivity contribution in [2.45, 2.75) is 0 Å². The molecule has 0 bridgehead atoms. The minimum Gasteiger partial charge on any atom is -0.353 e. The molecular weight excluding hydrogens is 378 g/mol. The van der Waals surface area contributed by atoms with E-state index in [1.807, 2.05) is 18.2 Å². The molecule has 0 radical (unpaired) electrons. The third-order valence-electron chi connectivity index (χ3n) is 4.66. The van der Waals surface area contributed by atoms with E-state index >= 15 is 0 Å². The summed E-state index contributed by atoms with van der Waals surface area (Å²) in [6, 6.07) is 14.4. The molecule has 1 aliphatic rings. The second-order valence-corrected chi connectivity index (χ2v) is 6.90. The van der Waals surface area contributed by atoms with Gasteiger partial charge in [-0.1, -0.05) is 29.8 Å². The van der Waals surface area contributed by atoms with Gasteiger partial charge in [-0.05, 0) is 30.3 Å². The molecule has 3 heterocycles. The van der Waals surface area contributed by atoms with Gasteiger partial charge in [-0.3, -0.25) is 4.79 Å². The minimum atomic E-state index is -0.553. The van der Waals surface area contributed by atoms with Gasteiger partial charge in [0.1, 0.15) is 11.5 Å². The number of nitrogens with one attached hydrogen (secondary N) is 1. The van der Waals surface area contributed by atoms with Crippen LogP contribution in [0.2, 0.25) is 5.02 Å². The Bertz CT molecular complexity index is 1030.